The van der Waals surface area contributed by atoms with E-state index < -0.39 is 0 Å². The number of fused-ring (bicyclic) bond motifs is 1. The zero-order valence-electron chi connectivity index (χ0n) is 18.7. The number of anilines is 1. The molecule has 1 fully saturated rings. The highest BCUT2D eigenvalue weighted by Gasteiger charge is 2.45. The molecule has 1 saturated heterocycles. The van der Waals surface area contributed by atoms with Crippen LogP contribution in [0.5, 0.6) is 0 Å². The molecule has 0 spiro atoms. The normalized spacial score (nSPS) is 16.3. The first-order valence-corrected chi connectivity index (χ1v) is 10.3. The molecule has 3 rings (SSSR count). The first kappa shape index (κ1) is 21.8. The predicted molar refractivity (Wildman–Crippen MR) is 126 cm³/mol. The van der Waals surface area contributed by atoms with E-state index in [9.17, 15) is 4.79 Å². The van der Waals surface area contributed by atoms with E-state index in [1.54, 1.807) is 12.3 Å². The van der Waals surface area contributed by atoms with E-state index in [1.807, 2.05) is 44.0 Å². The fourth-order valence-corrected chi connectivity index (χ4v) is 3.71. The van der Waals surface area contributed by atoms with Crippen molar-refractivity contribution in [2.24, 2.45) is 5.41 Å². The van der Waals surface area contributed by atoms with E-state index in [0.29, 0.717) is 11.9 Å². The lowest BCUT2D eigenvalue weighted by Gasteiger charge is -2.48. The Kier molecular flexibility index (Phi) is 6.13. The molecule has 1 amide bonds. The summed E-state index contributed by atoms with van der Waals surface area (Å²) in [4.78, 5) is 21.6. The topological polar surface area (TPSA) is 48.5 Å². The molecule has 0 aliphatic carbocycles. The molecule has 158 valence electrons. The molecule has 0 saturated carbocycles. The lowest BCUT2D eigenvalue weighted by molar-refractivity contribution is -0.135. The van der Waals surface area contributed by atoms with Crippen molar-refractivity contribution >= 4 is 28.2 Å². The Balaban J connectivity index is 1.85. The Morgan fingerprint density at radius 3 is 2.60 bits per heavy atom. The Morgan fingerprint density at radius 1 is 1.30 bits per heavy atom. The molecular weight excluding hydrogens is 372 g/mol. The number of hydrogen-bond acceptors (Lipinski definition) is 4. The first-order valence-electron chi connectivity index (χ1n) is 10.3. The molecule has 2 aromatic rings. The molecule has 0 atom stereocenters. The Morgan fingerprint density at radius 2 is 2.00 bits per heavy atom. The number of amides is 1. The number of rotatable bonds is 7. The van der Waals surface area contributed by atoms with Crippen LogP contribution in [0.15, 0.2) is 61.5 Å². The van der Waals surface area contributed by atoms with E-state index in [-0.39, 0.29) is 11.3 Å². The van der Waals surface area contributed by atoms with Gasteiger partial charge < -0.3 is 10.2 Å². The van der Waals surface area contributed by atoms with E-state index >= 15 is 0 Å². The number of benzene rings is 1. The zero-order valence-corrected chi connectivity index (χ0v) is 18.7. The number of aromatic nitrogens is 1. The molecule has 0 bridgehead atoms. The van der Waals surface area contributed by atoms with Gasteiger partial charge in [-0.05, 0) is 56.9 Å². The molecule has 1 aliphatic heterocycles. The number of nitrogens with one attached hydrogen (secondary N) is 1. The van der Waals surface area contributed by atoms with Crippen LogP contribution in [0, 0.1) is 5.41 Å². The van der Waals surface area contributed by atoms with Crippen molar-refractivity contribution in [1.82, 2.24) is 14.8 Å². The fourth-order valence-electron chi connectivity index (χ4n) is 3.71. The van der Waals surface area contributed by atoms with Crippen LogP contribution in [0.1, 0.15) is 33.3 Å². The van der Waals surface area contributed by atoms with Gasteiger partial charge in [-0.15, -0.1) is 0 Å². The smallest absolute Gasteiger partial charge is 0.234 e. The van der Waals surface area contributed by atoms with Crippen molar-refractivity contribution in [3.05, 3.63) is 67.0 Å². The number of carbonyl (C=O) groups excluding carboxylic acids is 1. The van der Waals surface area contributed by atoms with Gasteiger partial charge >= 0.3 is 0 Å². The van der Waals surface area contributed by atoms with Crippen molar-refractivity contribution < 1.29 is 4.79 Å². The van der Waals surface area contributed by atoms with Crippen LogP contribution in [0.25, 0.3) is 16.5 Å². The van der Waals surface area contributed by atoms with Crippen LogP contribution >= 0.6 is 0 Å². The zero-order chi connectivity index (χ0) is 22.1. The lowest BCUT2D eigenvalue weighted by atomic mass is 9.80. The summed E-state index contributed by atoms with van der Waals surface area (Å²) in [6.45, 7) is 17.7. The standard InChI is InChI=1S/C25H32N4O/c1-8-9-22(28(7)17(2)3)19-10-11-20-14-26-23(13-21(20)12-19)27-24(30)25(6)15-29(16-25)18(4)5/h8-14,18H,1-2,15-16H2,3-7H3,(H,26,27,30)/b22-9-. The average Bonchev–Trinajstić information content (AvgIpc) is 2.68. The molecule has 1 aromatic carbocycles. The molecule has 0 unspecified atom stereocenters. The third kappa shape index (κ3) is 4.31. The van der Waals surface area contributed by atoms with Crippen molar-refractivity contribution in [1.29, 1.82) is 0 Å². The molecule has 2 heterocycles. The summed E-state index contributed by atoms with van der Waals surface area (Å²) in [5, 5.41) is 5.06. The summed E-state index contributed by atoms with van der Waals surface area (Å²) >= 11 is 0. The number of hydrogen-bond donors (Lipinski definition) is 1. The van der Waals surface area contributed by atoms with Gasteiger partial charge in [0.2, 0.25) is 5.91 Å². The molecule has 0 radical (unpaired) electrons. The summed E-state index contributed by atoms with van der Waals surface area (Å²) in [5.41, 5.74) is 2.63. The number of likely N-dealkylation sites (tertiary alicyclic amines) is 1. The number of allylic oxidation sites excluding steroid dienone is 3. The van der Waals surface area contributed by atoms with Crippen LogP contribution in [-0.4, -0.2) is 46.9 Å². The lowest BCUT2D eigenvalue weighted by Crippen LogP contribution is -2.62. The summed E-state index contributed by atoms with van der Waals surface area (Å²) in [6, 6.07) is 8.60. The quantitative estimate of drug-likeness (QED) is 0.667. The van der Waals surface area contributed by atoms with E-state index in [2.05, 4.69) is 54.3 Å². The Bertz CT molecular complexity index is 1010. The van der Waals surface area contributed by atoms with Crippen LogP contribution in [0.2, 0.25) is 0 Å². The van der Waals surface area contributed by atoms with Gasteiger partial charge in [-0.25, -0.2) is 4.98 Å². The van der Waals surface area contributed by atoms with Crippen LogP contribution in [-0.2, 0) is 4.79 Å². The third-order valence-corrected chi connectivity index (χ3v) is 5.85. The van der Waals surface area contributed by atoms with Gasteiger partial charge in [0.25, 0.3) is 0 Å². The Hall–Kier alpha value is -2.92. The summed E-state index contributed by atoms with van der Waals surface area (Å²) in [5.74, 6) is 0.605. The highest BCUT2D eigenvalue weighted by Crippen LogP contribution is 2.33. The van der Waals surface area contributed by atoms with E-state index in [0.717, 1.165) is 40.8 Å². The highest BCUT2D eigenvalue weighted by molar-refractivity contribution is 5.97. The van der Waals surface area contributed by atoms with E-state index in [4.69, 9.17) is 0 Å². The largest absolute Gasteiger partial charge is 0.349 e. The number of carbonyl (C=O) groups is 1. The van der Waals surface area contributed by atoms with Gasteiger partial charge in [0.05, 0.1) is 5.41 Å². The first-order chi connectivity index (χ1) is 14.1. The fraction of sp³-hybridized carbons (Fsp3) is 0.360. The minimum absolute atomic E-state index is 0.0247. The maximum absolute atomic E-state index is 12.8. The van der Waals surface area contributed by atoms with Gasteiger partial charge in [-0.3, -0.25) is 9.69 Å². The number of pyridine rings is 1. The molecular formula is C25H32N4O. The molecule has 5 nitrogen and oxygen atoms in total. The second-order valence-corrected chi connectivity index (χ2v) is 8.73. The minimum atomic E-state index is -0.368. The third-order valence-electron chi connectivity index (χ3n) is 5.85. The second-order valence-electron chi connectivity index (χ2n) is 8.73. The van der Waals surface area contributed by atoms with Crippen molar-refractivity contribution in [2.75, 3.05) is 25.5 Å². The average molecular weight is 405 g/mol. The Labute approximate surface area is 179 Å². The molecule has 5 heteroatoms. The second kappa shape index (κ2) is 8.44. The highest BCUT2D eigenvalue weighted by atomic mass is 16.2. The summed E-state index contributed by atoms with van der Waals surface area (Å²) in [7, 11) is 1.99. The maximum atomic E-state index is 12.8. The van der Waals surface area contributed by atoms with Crippen LogP contribution < -0.4 is 5.32 Å². The van der Waals surface area contributed by atoms with Gasteiger partial charge in [0, 0.05) is 49.2 Å². The van der Waals surface area contributed by atoms with Crippen LogP contribution in [0.4, 0.5) is 5.82 Å². The maximum Gasteiger partial charge on any atom is 0.234 e. The van der Waals surface area contributed by atoms with Gasteiger partial charge in [-0.2, -0.15) is 0 Å². The molecule has 1 aromatic heterocycles. The number of nitrogens with zero attached hydrogens (tertiary/aromatic N) is 3. The van der Waals surface area contributed by atoms with Crippen molar-refractivity contribution in [3.63, 3.8) is 0 Å². The molecule has 1 aliphatic rings. The van der Waals surface area contributed by atoms with E-state index in [1.165, 1.54) is 0 Å². The van der Waals surface area contributed by atoms with Crippen molar-refractivity contribution in [2.45, 2.75) is 33.7 Å². The molecule has 1 N–H and O–H groups in total. The van der Waals surface area contributed by atoms with Gasteiger partial charge in [0.15, 0.2) is 0 Å². The van der Waals surface area contributed by atoms with Crippen LogP contribution in [0.3, 0.4) is 0 Å². The SMILES string of the molecule is C=C/C=C(/c1ccc2cnc(NC(=O)C3(C)CN(C(C)C)C3)cc2c1)N(C)C(=C)C. The monoisotopic (exact) mass is 404 g/mol. The predicted octanol–water partition coefficient (Wildman–Crippen LogP) is 4.90. The molecule has 30 heavy (non-hydrogen) atoms. The summed E-state index contributed by atoms with van der Waals surface area (Å²) < 4.78 is 0. The minimum Gasteiger partial charge on any atom is -0.349 e. The van der Waals surface area contributed by atoms with Crippen molar-refractivity contribution in [3.8, 4) is 0 Å². The summed E-state index contributed by atoms with van der Waals surface area (Å²) in [6.07, 6.45) is 5.55. The van der Waals surface area contributed by atoms with Gasteiger partial charge in [0.1, 0.15) is 5.82 Å². The van der Waals surface area contributed by atoms with Gasteiger partial charge in [-0.1, -0.05) is 31.4 Å².